The number of hydrogen-bond donors (Lipinski definition) is 1. The van der Waals surface area contributed by atoms with Gasteiger partial charge in [-0.05, 0) is 72.2 Å². The molecule has 5 rings (SSSR count). The minimum Gasteiger partial charge on any atom is -0.351 e. The molecule has 2 aromatic carbocycles. The van der Waals surface area contributed by atoms with Gasteiger partial charge in [-0.1, -0.05) is 32.0 Å². The summed E-state index contributed by atoms with van der Waals surface area (Å²) in [6.45, 7) is 4.35. The van der Waals surface area contributed by atoms with E-state index in [2.05, 4.69) is 63.9 Å². The summed E-state index contributed by atoms with van der Waals surface area (Å²) in [6, 6.07) is 24.6. The third-order valence-electron chi connectivity index (χ3n) is 6.36. The molecule has 0 bridgehead atoms. The van der Waals surface area contributed by atoms with E-state index in [0.29, 0.717) is 11.0 Å². The Morgan fingerprint density at radius 1 is 0.971 bits per heavy atom. The van der Waals surface area contributed by atoms with Gasteiger partial charge >= 0.3 is 0 Å². The fraction of sp³-hybridized carbons (Fsp3) is 0.185. The van der Waals surface area contributed by atoms with Gasteiger partial charge in [-0.25, -0.2) is 0 Å². The molecular formula is C27H25N5O2S. The second-order valence-electron chi connectivity index (χ2n) is 8.82. The molecule has 0 amide bonds. The van der Waals surface area contributed by atoms with Gasteiger partial charge in [0.05, 0.1) is 16.7 Å². The molecule has 3 heterocycles. The van der Waals surface area contributed by atoms with Crippen LogP contribution in [0.2, 0.25) is 0 Å². The van der Waals surface area contributed by atoms with Crippen molar-refractivity contribution in [1.29, 1.82) is 0 Å². The standard InChI is InChI=1S/C27H25N5O2S/c1-18(2)19-8-10-21(11-9-19)31-26(25(29-27(31)35)23-6-3-4-16-28-23)24-7-5-17-30(24)20-12-14-22(15-13-20)32(33)34/h3-18,25-26H,1-2H3,(H,29,35). The van der Waals surface area contributed by atoms with E-state index in [-0.39, 0.29) is 22.7 Å². The fourth-order valence-corrected chi connectivity index (χ4v) is 4.90. The van der Waals surface area contributed by atoms with E-state index >= 15 is 0 Å². The lowest BCUT2D eigenvalue weighted by Gasteiger charge is -2.29. The Morgan fingerprint density at radius 2 is 1.69 bits per heavy atom. The highest BCUT2D eigenvalue weighted by atomic mass is 32.1. The highest BCUT2D eigenvalue weighted by Crippen LogP contribution is 2.42. The van der Waals surface area contributed by atoms with Crippen LogP contribution in [0.15, 0.2) is 91.3 Å². The lowest BCUT2D eigenvalue weighted by atomic mass is 9.99. The van der Waals surface area contributed by atoms with Gasteiger partial charge in [-0.3, -0.25) is 15.1 Å². The highest BCUT2D eigenvalue weighted by Gasteiger charge is 2.42. The van der Waals surface area contributed by atoms with Crippen LogP contribution < -0.4 is 10.2 Å². The molecule has 2 aromatic heterocycles. The van der Waals surface area contributed by atoms with E-state index in [1.54, 1.807) is 18.3 Å². The molecule has 1 N–H and O–H groups in total. The molecule has 8 heteroatoms. The lowest BCUT2D eigenvalue weighted by Crippen LogP contribution is -2.30. The molecule has 0 spiro atoms. The molecule has 1 saturated heterocycles. The van der Waals surface area contributed by atoms with Gasteiger partial charge in [0, 0.05) is 41.6 Å². The Hall–Kier alpha value is -4.04. The van der Waals surface area contributed by atoms with Crippen LogP contribution in [0.3, 0.4) is 0 Å². The predicted octanol–water partition coefficient (Wildman–Crippen LogP) is 6.08. The van der Waals surface area contributed by atoms with E-state index < -0.39 is 0 Å². The van der Waals surface area contributed by atoms with E-state index in [1.165, 1.54) is 17.7 Å². The Balaban J connectivity index is 1.62. The van der Waals surface area contributed by atoms with Crippen molar-refractivity contribution in [3.8, 4) is 5.69 Å². The maximum atomic E-state index is 11.1. The zero-order valence-electron chi connectivity index (χ0n) is 19.4. The van der Waals surface area contributed by atoms with E-state index in [4.69, 9.17) is 12.2 Å². The molecule has 1 fully saturated rings. The minimum atomic E-state index is -0.390. The van der Waals surface area contributed by atoms with Crippen LogP contribution in [-0.4, -0.2) is 19.6 Å². The summed E-state index contributed by atoms with van der Waals surface area (Å²) in [4.78, 5) is 17.5. The van der Waals surface area contributed by atoms with Crippen molar-refractivity contribution in [3.05, 3.63) is 118 Å². The fourth-order valence-electron chi connectivity index (χ4n) is 4.56. The summed E-state index contributed by atoms with van der Waals surface area (Å²) in [6.07, 6.45) is 3.75. The number of nitrogens with one attached hydrogen (secondary N) is 1. The maximum Gasteiger partial charge on any atom is 0.269 e. The summed E-state index contributed by atoms with van der Waals surface area (Å²) in [5.41, 5.74) is 5.03. The lowest BCUT2D eigenvalue weighted by molar-refractivity contribution is -0.384. The number of thiocarbonyl (C=S) groups is 1. The Morgan fingerprint density at radius 3 is 2.31 bits per heavy atom. The Labute approximate surface area is 209 Å². The number of nitro benzene ring substituents is 1. The largest absolute Gasteiger partial charge is 0.351 e. The molecule has 1 aliphatic heterocycles. The molecule has 0 radical (unpaired) electrons. The number of benzene rings is 2. The van der Waals surface area contributed by atoms with Crippen molar-refractivity contribution in [3.63, 3.8) is 0 Å². The van der Waals surface area contributed by atoms with Gasteiger partial charge in [-0.2, -0.15) is 0 Å². The first-order valence-corrected chi connectivity index (χ1v) is 11.9. The number of nitro groups is 1. The average Bonchev–Trinajstić information content (AvgIpc) is 3.49. The number of rotatable bonds is 6. The Bertz CT molecular complexity index is 1350. The summed E-state index contributed by atoms with van der Waals surface area (Å²) in [5, 5.41) is 15.3. The molecular weight excluding hydrogens is 458 g/mol. The third kappa shape index (κ3) is 4.28. The van der Waals surface area contributed by atoms with Gasteiger partial charge < -0.3 is 14.8 Å². The predicted molar refractivity (Wildman–Crippen MR) is 141 cm³/mol. The first-order valence-electron chi connectivity index (χ1n) is 11.5. The monoisotopic (exact) mass is 483 g/mol. The molecule has 1 aliphatic rings. The molecule has 176 valence electrons. The zero-order valence-corrected chi connectivity index (χ0v) is 20.2. The Kier molecular flexibility index (Phi) is 6.05. The topological polar surface area (TPSA) is 76.2 Å². The van der Waals surface area contributed by atoms with Crippen LogP contribution in [0.4, 0.5) is 11.4 Å². The summed E-state index contributed by atoms with van der Waals surface area (Å²) in [5.74, 6) is 0.434. The van der Waals surface area contributed by atoms with E-state index in [1.807, 2.05) is 30.5 Å². The van der Waals surface area contributed by atoms with Crippen molar-refractivity contribution in [1.82, 2.24) is 14.9 Å². The van der Waals surface area contributed by atoms with Crippen molar-refractivity contribution < 1.29 is 4.92 Å². The van der Waals surface area contributed by atoms with Crippen LogP contribution in [0, 0.1) is 10.1 Å². The first-order chi connectivity index (χ1) is 16.9. The van der Waals surface area contributed by atoms with E-state index in [0.717, 1.165) is 22.8 Å². The SMILES string of the molecule is CC(C)c1ccc(N2C(=S)NC(c3ccccn3)C2c2cccn2-c2ccc([N+](=O)[O-])cc2)cc1. The highest BCUT2D eigenvalue weighted by molar-refractivity contribution is 7.80. The minimum absolute atomic E-state index is 0.0596. The number of non-ortho nitro benzene ring substituents is 1. The van der Waals surface area contributed by atoms with Gasteiger partial charge in [0.25, 0.3) is 5.69 Å². The average molecular weight is 484 g/mol. The molecule has 2 atom stereocenters. The van der Waals surface area contributed by atoms with Crippen LogP contribution in [-0.2, 0) is 0 Å². The number of hydrogen-bond acceptors (Lipinski definition) is 4. The van der Waals surface area contributed by atoms with Crippen molar-refractivity contribution >= 4 is 28.7 Å². The first kappa shape index (κ1) is 22.7. The molecule has 7 nitrogen and oxygen atoms in total. The van der Waals surface area contributed by atoms with Gasteiger partial charge in [0.1, 0.15) is 6.04 Å². The number of aromatic nitrogens is 2. The molecule has 4 aromatic rings. The van der Waals surface area contributed by atoms with Crippen molar-refractivity contribution in [2.24, 2.45) is 0 Å². The van der Waals surface area contributed by atoms with Crippen LogP contribution in [0.25, 0.3) is 5.69 Å². The van der Waals surface area contributed by atoms with Crippen molar-refractivity contribution in [2.45, 2.75) is 31.8 Å². The smallest absolute Gasteiger partial charge is 0.269 e. The summed E-state index contributed by atoms with van der Waals surface area (Å²) >= 11 is 5.84. The van der Waals surface area contributed by atoms with Crippen LogP contribution in [0.1, 0.15) is 48.8 Å². The van der Waals surface area contributed by atoms with E-state index in [9.17, 15) is 10.1 Å². The quantitative estimate of drug-likeness (QED) is 0.203. The summed E-state index contributed by atoms with van der Waals surface area (Å²) in [7, 11) is 0. The summed E-state index contributed by atoms with van der Waals surface area (Å²) < 4.78 is 2.05. The number of anilines is 1. The third-order valence-corrected chi connectivity index (χ3v) is 6.67. The second kappa shape index (κ2) is 9.31. The van der Waals surface area contributed by atoms with Crippen molar-refractivity contribution in [2.75, 3.05) is 4.90 Å². The number of pyridine rings is 1. The molecule has 35 heavy (non-hydrogen) atoms. The van der Waals surface area contributed by atoms with Gasteiger partial charge in [0.2, 0.25) is 0 Å². The molecule has 0 aliphatic carbocycles. The number of nitrogens with zero attached hydrogens (tertiary/aromatic N) is 4. The second-order valence-corrected chi connectivity index (χ2v) is 9.21. The molecule has 0 saturated carbocycles. The maximum absolute atomic E-state index is 11.1. The van der Waals surface area contributed by atoms with Gasteiger partial charge in [0.15, 0.2) is 5.11 Å². The van der Waals surface area contributed by atoms with Crippen LogP contribution >= 0.6 is 12.2 Å². The normalized spacial score (nSPS) is 17.6. The van der Waals surface area contributed by atoms with Crippen LogP contribution in [0.5, 0.6) is 0 Å². The molecule has 2 unspecified atom stereocenters. The zero-order chi connectivity index (χ0) is 24.5. The van der Waals surface area contributed by atoms with Gasteiger partial charge in [-0.15, -0.1) is 0 Å².